The molecule has 0 fully saturated rings. The van der Waals surface area contributed by atoms with Crippen molar-refractivity contribution in [3.63, 3.8) is 0 Å². The number of halogens is 3. The van der Waals surface area contributed by atoms with Crippen LogP contribution in [-0.4, -0.2) is 30.3 Å². The summed E-state index contributed by atoms with van der Waals surface area (Å²) in [6.45, 7) is 0.541. The summed E-state index contributed by atoms with van der Waals surface area (Å²) in [7, 11) is 1.73. The second-order valence-corrected chi connectivity index (χ2v) is 5.19. The van der Waals surface area contributed by atoms with Crippen LogP contribution in [0.4, 0.5) is 0 Å². The van der Waals surface area contributed by atoms with Crippen LogP contribution in [-0.2, 0) is 0 Å². The van der Waals surface area contributed by atoms with E-state index >= 15 is 0 Å². The molecule has 0 aliphatic carbocycles. The van der Waals surface area contributed by atoms with E-state index in [9.17, 15) is 4.79 Å². The normalized spacial score (nSPS) is 10.1. The lowest BCUT2D eigenvalue weighted by atomic mass is 10.2. The second kappa shape index (κ2) is 5.87. The molecule has 1 amide bonds. The molecule has 0 aromatic heterocycles. The van der Waals surface area contributed by atoms with Crippen LogP contribution in [0.1, 0.15) is 10.4 Å². The van der Waals surface area contributed by atoms with Gasteiger partial charge in [0, 0.05) is 28.4 Å². The number of carbonyl (C=O) groups excluding carboxylic acids is 1. The predicted molar refractivity (Wildman–Crippen MR) is 69.5 cm³/mol. The lowest BCUT2D eigenvalue weighted by molar-refractivity contribution is 0.0802. The zero-order chi connectivity index (χ0) is 11.4. The molecule has 0 radical (unpaired) electrons. The van der Waals surface area contributed by atoms with Gasteiger partial charge in [-0.15, -0.1) is 11.6 Å². The van der Waals surface area contributed by atoms with Crippen molar-refractivity contribution in [1.29, 1.82) is 0 Å². The zero-order valence-electron chi connectivity index (χ0n) is 8.14. The summed E-state index contributed by atoms with van der Waals surface area (Å²) in [5.41, 5.74) is 0.636. The van der Waals surface area contributed by atoms with Crippen molar-refractivity contribution in [3.05, 3.63) is 32.7 Å². The van der Waals surface area contributed by atoms with Gasteiger partial charge in [0.2, 0.25) is 0 Å². The fourth-order valence-electron chi connectivity index (χ4n) is 1.10. The van der Waals surface area contributed by atoms with Gasteiger partial charge in [0.05, 0.1) is 5.56 Å². The van der Waals surface area contributed by atoms with E-state index in [0.717, 1.165) is 8.95 Å². The minimum Gasteiger partial charge on any atom is -0.340 e. The highest BCUT2D eigenvalue weighted by Crippen LogP contribution is 2.22. The molecule has 5 heteroatoms. The molecule has 0 saturated carbocycles. The van der Waals surface area contributed by atoms with Gasteiger partial charge in [-0.05, 0) is 34.1 Å². The lowest BCUT2D eigenvalue weighted by Crippen LogP contribution is -2.28. The molecule has 0 spiro atoms. The Kier molecular flexibility index (Phi) is 5.09. The number of hydrogen-bond donors (Lipinski definition) is 0. The summed E-state index contributed by atoms with van der Waals surface area (Å²) >= 11 is 12.3. The molecule has 0 aliphatic heterocycles. The van der Waals surface area contributed by atoms with Crippen molar-refractivity contribution in [2.75, 3.05) is 19.5 Å². The zero-order valence-corrected chi connectivity index (χ0v) is 12.1. The van der Waals surface area contributed by atoms with Crippen LogP contribution in [0.5, 0.6) is 0 Å². The van der Waals surface area contributed by atoms with Crippen LogP contribution >= 0.6 is 43.5 Å². The van der Waals surface area contributed by atoms with Crippen LogP contribution in [0.25, 0.3) is 0 Å². The highest BCUT2D eigenvalue weighted by molar-refractivity contribution is 9.11. The minimum atomic E-state index is -0.0381. The van der Waals surface area contributed by atoms with Crippen LogP contribution in [0, 0.1) is 0 Å². The Bertz CT molecular complexity index is 370. The van der Waals surface area contributed by atoms with Crippen molar-refractivity contribution >= 4 is 49.4 Å². The van der Waals surface area contributed by atoms with E-state index in [-0.39, 0.29) is 5.91 Å². The average Bonchev–Trinajstić information content (AvgIpc) is 2.21. The summed E-state index contributed by atoms with van der Waals surface area (Å²) < 4.78 is 1.67. The molecule has 1 aromatic rings. The lowest BCUT2D eigenvalue weighted by Gasteiger charge is -2.16. The van der Waals surface area contributed by atoms with E-state index in [1.807, 2.05) is 12.1 Å². The Morgan fingerprint density at radius 1 is 1.47 bits per heavy atom. The smallest absolute Gasteiger partial charge is 0.254 e. The van der Waals surface area contributed by atoms with Gasteiger partial charge >= 0.3 is 0 Å². The predicted octanol–water partition coefficient (Wildman–Crippen LogP) is 3.52. The molecule has 1 rings (SSSR count). The summed E-state index contributed by atoms with van der Waals surface area (Å²) in [6.07, 6.45) is 0. The molecule has 0 heterocycles. The molecule has 0 aliphatic rings. The highest BCUT2D eigenvalue weighted by atomic mass is 79.9. The number of carbonyl (C=O) groups is 1. The molecule has 0 bridgehead atoms. The van der Waals surface area contributed by atoms with Crippen LogP contribution in [0.2, 0.25) is 0 Å². The molecule has 1 aromatic carbocycles. The fraction of sp³-hybridized carbons (Fsp3) is 0.300. The Hall–Kier alpha value is -0.0600. The van der Waals surface area contributed by atoms with Crippen molar-refractivity contribution in [2.45, 2.75) is 0 Å². The Labute approximate surface area is 111 Å². The van der Waals surface area contributed by atoms with E-state index in [2.05, 4.69) is 31.9 Å². The molecule has 0 unspecified atom stereocenters. The first-order chi connectivity index (χ1) is 7.06. The molecule has 0 N–H and O–H groups in total. The highest BCUT2D eigenvalue weighted by Gasteiger charge is 2.14. The molecule has 82 valence electrons. The number of amides is 1. The van der Waals surface area contributed by atoms with Gasteiger partial charge < -0.3 is 4.90 Å². The van der Waals surface area contributed by atoms with E-state index in [1.54, 1.807) is 18.0 Å². The number of alkyl halides is 1. The summed E-state index contributed by atoms with van der Waals surface area (Å²) in [5, 5.41) is 0. The minimum absolute atomic E-state index is 0.0381. The van der Waals surface area contributed by atoms with Crippen molar-refractivity contribution in [1.82, 2.24) is 4.90 Å². The van der Waals surface area contributed by atoms with Gasteiger partial charge in [0.1, 0.15) is 0 Å². The molecule has 0 saturated heterocycles. The van der Waals surface area contributed by atoms with Crippen molar-refractivity contribution < 1.29 is 4.79 Å². The van der Waals surface area contributed by atoms with Gasteiger partial charge in [-0.2, -0.15) is 0 Å². The molecular weight excluding hydrogens is 345 g/mol. The molecule has 0 atom stereocenters. The van der Waals surface area contributed by atoms with Gasteiger partial charge in [-0.1, -0.05) is 15.9 Å². The van der Waals surface area contributed by atoms with Gasteiger partial charge in [0.15, 0.2) is 0 Å². The van der Waals surface area contributed by atoms with Crippen molar-refractivity contribution in [2.24, 2.45) is 0 Å². The number of nitrogens with zero attached hydrogens (tertiary/aromatic N) is 1. The number of benzene rings is 1. The van der Waals surface area contributed by atoms with E-state index < -0.39 is 0 Å². The standard InChI is InChI=1S/C10H10Br2ClNO/c1-14(5-4-13)10(15)8-6-7(11)2-3-9(8)12/h2-3,6H,4-5H2,1H3. The van der Waals surface area contributed by atoms with E-state index in [4.69, 9.17) is 11.6 Å². The number of rotatable bonds is 3. The third-order valence-electron chi connectivity index (χ3n) is 1.93. The maximum absolute atomic E-state index is 11.9. The van der Waals surface area contributed by atoms with Gasteiger partial charge in [-0.25, -0.2) is 0 Å². The number of hydrogen-bond acceptors (Lipinski definition) is 1. The van der Waals surface area contributed by atoms with E-state index in [1.165, 1.54) is 0 Å². The second-order valence-electron chi connectivity index (χ2n) is 3.04. The van der Waals surface area contributed by atoms with Gasteiger partial charge in [0.25, 0.3) is 5.91 Å². The fourth-order valence-corrected chi connectivity index (χ4v) is 2.13. The van der Waals surface area contributed by atoms with Crippen LogP contribution in [0.3, 0.4) is 0 Å². The average molecular weight is 355 g/mol. The molecule has 2 nitrogen and oxygen atoms in total. The molecule has 15 heavy (non-hydrogen) atoms. The molecular formula is C10H10Br2ClNO. The quantitative estimate of drug-likeness (QED) is 0.760. The summed E-state index contributed by atoms with van der Waals surface area (Å²) in [4.78, 5) is 13.5. The topological polar surface area (TPSA) is 20.3 Å². The third-order valence-corrected chi connectivity index (χ3v) is 3.28. The maximum Gasteiger partial charge on any atom is 0.254 e. The van der Waals surface area contributed by atoms with Crippen LogP contribution in [0.15, 0.2) is 27.1 Å². The maximum atomic E-state index is 11.9. The Morgan fingerprint density at radius 2 is 2.13 bits per heavy atom. The SMILES string of the molecule is CN(CCCl)C(=O)c1cc(Br)ccc1Br. The van der Waals surface area contributed by atoms with Crippen molar-refractivity contribution in [3.8, 4) is 0 Å². The Morgan fingerprint density at radius 3 is 2.73 bits per heavy atom. The largest absolute Gasteiger partial charge is 0.340 e. The van der Waals surface area contributed by atoms with Crippen LogP contribution < -0.4 is 0 Å². The first kappa shape index (κ1) is 13.0. The van der Waals surface area contributed by atoms with E-state index in [0.29, 0.717) is 18.0 Å². The first-order valence-electron chi connectivity index (χ1n) is 4.32. The summed E-state index contributed by atoms with van der Waals surface area (Å²) in [5.74, 6) is 0.400. The monoisotopic (exact) mass is 353 g/mol. The third kappa shape index (κ3) is 3.47. The summed E-state index contributed by atoms with van der Waals surface area (Å²) in [6, 6.07) is 5.51. The first-order valence-corrected chi connectivity index (χ1v) is 6.44. The Balaban J connectivity index is 2.95. The van der Waals surface area contributed by atoms with Gasteiger partial charge in [-0.3, -0.25) is 4.79 Å².